The molecule has 0 bridgehead atoms. The second-order valence-corrected chi connectivity index (χ2v) is 9.08. The molecule has 0 fully saturated rings. The number of hydrogen-bond acceptors (Lipinski definition) is 3. The maximum absolute atomic E-state index is 13.1. The second kappa shape index (κ2) is 8.81. The molecule has 33 heavy (non-hydrogen) atoms. The van der Waals surface area contributed by atoms with Crippen molar-refractivity contribution in [3.05, 3.63) is 148 Å². The van der Waals surface area contributed by atoms with Crippen molar-refractivity contribution in [3.63, 3.8) is 0 Å². The number of nitrogens with one attached hydrogen (secondary N) is 1. The van der Waals surface area contributed by atoms with E-state index in [1.165, 1.54) is 5.56 Å². The van der Waals surface area contributed by atoms with E-state index in [0.29, 0.717) is 5.82 Å². The number of aromatic amines is 1. The van der Waals surface area contributed by atoms with Gasteiger partial charge in [0.25, 0.3) is 0 Å². The van der Waals surface area contributed by atoms with Crippen LogP contribution in [0.3, 0.4) is 0 Å². The van der Waals surface area contributed by atoms with Gasteiger partial charge in [0.1, 0.15) is 5.82 Å². The SMILES string of the molecule is CCc1csc(C(O)(c2ncc[nH]2)C(c2ccccc2)(c2ccccc2)c2ccccc2)c1. The summed E-state index contributed by atoms with van der Waals surface area (Å²) in [5.41, 5.74) is 1.74. The zero-order valence-corrected chi connectivity index (χ0v) is 19.3. The van der Waals surface area contributed by atoms with Crippen molar-refractivity contribution in [1.29, 1.82) is 0 Å². The van der Waals surface area contributed by atoms with E-state index < -0.39 is 11.0 Å². The van der Waals surface area contributed by atoms with Crippen LogP contribution in [0.15, 0.2) is 115 Å². The van der Waals surface area contributed by atoms with Crippen molar-refractivity contribution in [2.75, 3.05) is 0 Å². The van der Waals surface area contributed by atoms with Crippen LogP contribution in [0.25, 0.3) is 0 Å². The summed E-state index contributed by atoms with van der Waals surface area (Å²) in [5.74, 6) is 0.517. The summed E-state index contributed by atoms with van der Waals surface area (Å²) in [6.07, 6.45) is 4.39. The van der Waals surface area contributed by atoms with E-state index in [1.807, 2.05) is 54.6 Å². The third kappa shape index (κ3) is 3.34. The van der Waals surface area contributed by atoms with Gasteiger partial charge in [-0.25, -0.2) is 4.98 Å². The molecule has 0 saturated heterocycles. The molecule has 0 radical (unpaired) electrons. The Morgan fingerprint density at radius 2 is 1.33 bits per heavy atom. The van der Waals surface area contributed by atoms with Gasteiger partial charge in [0.2, 0.25) is 0 Å². The minimum absolute atomic E-state index is 0.517. The second-order valence-electron chi connectivity index (χ2n) is 8.17. The van der Waals surface area contributed by atoms with Crippen LogP contribution in [0.4, 0.5) is 0 Å². The fraction of sp³-hybridized carbons (Fsp3) is 0.138. The maximum Gasteiger partial charge on any atom is 0.174 e. The summed E-state index contributed by atoms with van der Waals surface area (Å²) in [6.45, 7) is 2.14. The summed E-state index contributed by atoms with van der Waals surface area (Å²) in [6, 6.07) is 32.9. The van der Waals surface area contributed by atoms with Gasteiger partial charge in [-0.2, -0.15) is 0 Å². The first-order chi connectivity index (χ1) is 16.2. The Morgan fingerprint density at radius 1 is 0.818 bits per heavy atom. The highest BCUT2D eigenvalue weighted by atomic mass is 32.1. The molecule has 0 aliphatic carbocycles. The summed E-state index contributed by atoms with van der Waals surface area (Å²) < 4.78 is 0. The normalized spacial score (nSPS) is 13.5. The van der Waals surface area contributed by atoms with E-state index in [-0.39, 0.29) is 0 Å². The first-order valence-corrected chi connectivity index (χ1v) is 12.1. The average Bonchev–Trinajstić information content (AvgIpc) is 3.59. The van der Waals surface area contributed by atoms with Crippen LogP contribution in [-0.4, -0.2) is 15.1 Å². The highest BCUT2D eigenvalue weighted by Gasteiger charge is 2.58. The molecule has 1 atom stereocenters. The van der Waals surface area contributed by atoms with Gasteiger partial charge in [-0.15, -0.1) is 11.3 Å². The molecule has 0 amide bonds. The highest BCUT2D eigenvalue weighted by molar-refractivity contribution is 7.10. The van der Waals surface area contributed by atoms with Crippen LogP contribution < -0.4 is 0 Å². The third-order valence-corrected chi connectivity index (χ3v) is 7.51. The molecule has 164 valence electrons. The molecule has 3 nitrogen and oxygen atoms in total. The number of aromatic nitrogens is 2. The van der Waals surface area contributed by atoms with Gasteiger partial charge >= 0.3 is 0 Å². The molecule has 0 aliphatic heterocycles. The fourth-order valence-corrected chi connectivity index (χ4v) is 6.04. The van der Waals surface area contributed by atoms with Gasteiger partial charge in [0, 0.05) is 17.3 Å². The Labute approximate surface area is 198 Å². The highest BCUT2D eigenvalue weighted by Crippen LogP contribution is 2.55. The average molecular weight is 451 g/mol. The van der Waals surface area contributed by atoms with E-state index >= 15 is 0 Å². The summed E-state index contributed by atoms with van der Waals surface area (Å²) in [5, 5.41) is 15.3. The molecule has 4 heteroatoms. The molecule has 2 N–H and O–H groups in total. The predicted octanol–water partition coefficient (Wildman–Crippen LogP) is 6.30. The predicted molar refractivity (Wildman–Crippen MR) is 134 cm³/mol. The van der Waals surface area contributed by atoms with Crippen molar-refractivity contribution < 1.29 is 5.11 Å². The molecule has 0 spiro atoms. The summed E-state index contributed by atoms with van der Waals surface area (Å²) in [4.78, 5) is 8.76. The van der Waals surface area contributed by atoms with Gasteiger partial charge in [-0.1, -0.05) is 97.9 Å². The lowest BCUT2D eigenvalue weighted by atomic mass is 9.58. The number of nitrogens with zero attached hydrogens (tertiary/aromatic N) is 1. The van der Waals surface area contributed by atoms with Crippen molar-refractivity contribution in [2.45, 2.75) is 24.4 Å². The lowest BCUT2D eigenvalue weighted by Gasteiger charge is -2.47. The molecule has 3 aromatic carbocycles. The molecule has 5 rings (SSSR count). The molecule has 5 aromatic rings. The largest absolute Gasteiger partial charge is 0.375 e. The van der Waals surface area contributed by atoms with Gasteiger partial charge in [-0.3, -0.25) is 0 Å². The molecular formula is C29H26N2OS. The number of thiophene rings is 1. The number of aliphatic hydroxyl groups is 1. The lowest BCUT2D eigenvalue weighted by Crippen LogP contribution is -2.52. The van der Waals surface area contributed by atoms with E-state index in [1.54, 1.807) is 23.7 Å². The molecule has 0 aliphatic rings. The van der Waals surface area contributed by atoms with Crippen LogP contribution >= 0.6 is 11.3 Å². The number of hydrogen-bond donors (Lipinski definition) is 2. The Kier molecular flexibility index (Phi) is 5.71. The van der Waals surface area contributed by atoms with Crippen molar-refractivity contribution in [3.8, 4) is 0 Å². The summed E-state index contributed by atoms with van der Waals surface area (Å²) in [7, 11) is 0. The fourth-order valence-electron chi connectivity index (χ4n) is 4.88. The van der Waals surface area contributed by atoms with Crippen molar-refractivity contribution >= 4 is 11.3 Å². The van der Waals surface area contributed by atoms with Gasteiger partial charge in [0.05, 0.1) is 5.41 Å². The van der Waals surface area contributed by atoms with Gasteiger partial charge < -0.3 is 10.1 Å². The Bertz CT molecular complexity index is 1200. The quantitative estimate of drug-likeness (QED) is 0.286. The van der Waals surface area contributed by atoms with Crippen LogP contribution in [0.5, 0.6) is 0 Å². The zero-order chi connectivity index (χ0) is 22.7. The number of imidazole rings is 1. The topological polar surface area (TPSA) is 48.9 Å². The Balaban J connectivity index is 1.98. The van der Waals surface area contributed by atoms with Gasteiger partial charge in [0.15, 0.2) is 5.60 Å². The minimum Gasteiger partial charge on any atom is -0.375 e. The summed E-state index contributed by atoms with van der Waals surface area (Å²) >= 11 is 1.58. The Morgan fingerprint density at radius 3 is 1.73 bits per heavy atom. The van der Waals surface area contributed by atoms with E-state index in [4.69, 9.17) is 0 Å². The molecule has 1 unspecified atom stereocenters. The third-order valence-electron chi connectivity index (χ3n) is 6.42. The Hall–Kier alpha value is -3.47. The van der Waals surface area contributed by atoms with Crippen molar-refractivity contribution in [1.82, 2.24) is 9.97 Å². The van der Waals surface area contributed by atoms with E-state index in [0.717, 1.165) is 28.0 Å². The number of benzene rings is 3. The number of rotatable bonds is 7. The van der Waals surface area contributed by atoms with Gasteiger partial charge in [-0.05, 0) is 40.1 Å². The van der Waals surface area contributed by atoms with Crippen LogP contribution in [0.1, 0.15) is 39.9 Å². The first-order valence-electron chi connectivity index (χ1n) is 11.2. The maximum atomic E-state index is 13.1. The van der Waals surface area contributed by atoms with Crippen LogP contribution in [0, 0.1) is 0 Å². The zero-order valence-electron chi connectivity index (χ0n) is 18.5. The molecule has 2 aromatic heterocycles. The number of H-pyrrole nitrogens is 1. The minimum atomic E-state index is -1.49. The molecular weight excluding hydrogens is 424 g/mol. The van der Waals surface area contributed by atoms with E-state index in [9.17, 15) is 5.11 Å². The lowest BCUT2D eigenvalue weighted by molar-refractivity contribution is 0.0236. The molecule has 0 saturated carbocycles. The number of aryl methyl sites for hydroxylation is 1. The van der Waals surface area contributed by atoms with E-state index in [2.05, 4.69) is 64.7 Å². The monoisotopic (exact) mass is 450 g/mol. The van der Waals surface area contributed by atoms with Crippen LogP contribution in [-0.2, 0) is 17.4 Å². The van der Waals surface area contributed by atoms with Crippen LogP contribution in [0.2, 0.25) is 0 Å². The van der Waals surface area contributed by atoms with Crippen molar-refractivity contribution in [2.24, 2.45) is 0 Å². The first kappa shape index (κ1) is 21.4. The molecule has 2 heterocycles. The standard InChI is InChI=1S/C29H26N2OS/c1-2-22-20-26(33-21-22)29(32,27-30-18-19-31-27)28(23-12-6-3-7-13-23,24-14-8-4-9-15-24)25-16-10-5-11-17-25/h3-21,32H,2H2,1H3,(H,30,31). The smallest absolute Gasteiger partial charge is 0.174 e.